The lowest BCUT2D eigenvalue weighted by Crippen LogP contribution is -2.42. The number of guanidine groups is 1. The summed E-state index contributed by atoms with van der Waals surface area (Å²) >= 11 is 0. The molecule has 24 heavy (non-hydrogen) atoms. The molecule has 1 spiro atoms. The van der Waals surface area contributed by atoms with Gasteiger partial charge in [-0.25, -0.2) is 4.99 Å². The van der Waals surface area contributed by atoms with E-state index < -0.39 is 5.91 Å². The van der Waals surface area contributed by atoms with Crippen molar-refractivity contribution < 1.29 is 4.79 Å². The van der Waals surface area contributed by atoms with Gasteiger partial charge in [0.25, 0.3) is 0 Å². The fourth-order valence-corrected chi connectivity index (χ4v) is 3.57. The fourth-order valence-electron chi connectivity index (χ4n) is 3.57. The van der Waals surface area contributed by atoms with Gasteiger partial charge in [0.1, 0.15) is 0 Å². The normalized spacial score (nSPS) is 18.9. The number of benzene rings is 1. The van der Waals surface area contributed by atoms with Crippen molar-refractivity contribution in [1.82, 2.24) is 10.2 Å². The minimum absolute atomic E-state index is 0. The van der Waals surface area contributed by atoms with Gasteiger partial charge in [-0.2, -0.15) is 0 Å². The lowest BCUT2D eigenvalue weighted by Gasteiger charge is -2.38. The number of likely N-dealkylation sites (tertiary alicyclic amines) is 1. The number of nitrogens with zero attached hydrogens (tertiary/aromatic N) is 2. The van der Waals surface area contributed by atoms with Crippen molar-refractivity contribution >= 4 is 35.8 Å². The van der Waals surface area contributed by atoms with Crippen LogP contribution in [0.4, 0.5) is 0 Å². The molecule has 1 aromatic rings. The predicted octanol–water partition coefficient (Wildman–Crippen LogP) is 2.75. The Bertz CT molecular complexity index is 596. The van der Waals surface area contributed by atoms with E-state index in [0.717, 1.165) is 31.2 Å². The first-order valence-corrected chi connectivity index (χ1v) is 8.54. The number of carbonyl (C=O) groups excluding carboxylic acids is 1. The predicted molar refractivity (Wildman–Crippen MR) is 108 cm³/mol. The highest BCUT2D eigenvalue weighted by atomic mass is 127. The minimum Gasteiger partial charge on any atom is -0.366 e. The van der Waals surface area contributed by atoms with Gasteiger partial charge < -0.3 is 16.0 Å². The number of halogens is 1. The van der Waals surface area contributed by atoms with Crippen LogP contribution >= 0.6 is 24.0 Å². The molecule has 0 radical (unpaired) electrons. The molecule has 6 heteroatoms. The monoisotopic (exact) mass is 442 g/mol. The zero-order chi connectivity index (χ0) is 16.3. The summed E-state index contributed by atoms with van der Waals surface area (Å²) in [4.78, 5) is 18.3. The number of hydrogen-bond donors (Lipinski definition) is 2. The average molecular weight is 442 g/mol. The van der Waals surface area contributed by atoms with Crippen molar-refractivity contribution in [1.29, 1.82) is 0 Å². The van der Waals surface area contributed by atoms with Gasteiger partial charge in [0.05, 0.1) is 6.54 Å². The van der Waals surface area contributed by atoms with Crippen LogP contribution in [0.3, 0.4) is 0 Å². The van der Waals surface area contributed by atoms with E-state index >= 15 is 0 Å². The van der Waals surface area contributed by atoms with Gasteiger partial charge in [0.2, 0.25) is 5.91 Å². The first-order valence-electron chi connectivity index (χ1n) is 8.54. The van der Waals surface area contributed by atoms with Gasteiger partial charge in [-0.3, -0.25) is 4.79 Å². The molecule has 1 amide bonds. The Morgan fingerprint density at radius 1 is 1.29 bits per heavy atom. The van der Waals surface area contributed by atoms with Crippen molar-refractivity contribution in [3.63, 3.8) is 0 Å². The fraction of sp³-hybridized carbons (Fsp3) is 0.556. The quantitative estimate of drug-likeness (QED) is 0.428. The van der Waals surface area contributed by atoms with Gasteiger partial charge in [-0.05, 0) is 49.3 Å². The third-order valence-electron chi connectivity index (χ3n) is 5.14. The van der Waals surface area contributed by atoms with Crippen LogP contribution in [-0.2, 0) is 6.54 Å². The van der Waals surface area contributed by atoms with Crippen LogP contribution in [0.2, 0.25) is 0 Å². The van der Waals surface area contributed by atoms with Crippen LogP contribution in [-0.4, -0.2) is 36.4 Å². The van der Waals surface area contributed by atoms with Crippen molar-refractivity contribution in [3.05, 3.63) is 35.4 Å². The van der Waals surface area contributed by atoms with Gasteiger partial charge in [0, 0.05) is 25.2 Å². The van der Waals surface area contributed by atoms with E-state index in [1.54, 1.807) is 12.1 Å². The van der Waals surface area contributed by atoms with Gasteiger partial charge in [0.15, 0.2) is 5.96 Å². The number of rotatable bonds is 4. The molecule has 1 aliphatic heterocycles. The number of nitrogens with two attached hydrogens (primary N) is 1. The second kappa shape index (κ2) is 8.18. The highest BCUT2D eigenvalue weighted by Gasteiger charge is 2.43. The van der Waals surface area contributed by atoms with Crippen molar-refractivity contribution in [2.75, 3.05) is 19.6 Å². The third-order valence-corrected chi connectivity index (χ3v) is 5.14. The Morgan fingerprint density at radius 2 is 2.00 bits per heavy atom. The summed E-state index contributed by atoms with van der Waals surface area (Å²) in [6, 6.07) is 7.37. The molecule has 132 valence electrons. The maximum atomic E-state index is 11.1. The van der Waals surface area contributed by atoms with Crippen molar-refractivity contribution in [3.8, 4) is 0 Å². The molecule has 1 heterocycles. The molecule has 0 unspecified atom stereocenters. The summed E-state index contributed by atoms with van der Waals surface area (Å²) in [5.74, 6) is 0.617. The molecule has 1 aliphatic carbocycles. The van der Waals surface area contributed by atoms with Crippen molar-refractivity contribution in [2.24, 2.45) is 16.1 Å². The molecule has 0 bridgehead atoms. The highest BCUT2D eigenvalue weighted by Crippen LogP contribution is 2.47. The van der Waals surface area contributed by atoms with Gasteiger partial charge in [-0.1, -0.05) is 18.6 Å². The van der Waals surface area contributed by atoms with Crippen molar-refractivity contribution in [2.45, 2.75) is 39.2 Å². The Balaban J connectivity index is 0.00000208. The van der Waals surface area contributed by atoms with E-state index in [4.69, 9.17) is 10.7 Å². The van der Waals surface area contributed by atoms with E-state index in [9.17, 15) is 4.79 Å². The van der Waals surface area contributed by atoms with Crippen LogP contribution in [0.1, 0.15) is 48.5 Å². The Kier molecular flexibility index (Phi) is 6.48. The number of amides is 1. The van der Waals surface area contributed by atoms with E-state index in [-0.39, 0.29) is 24.0 Å². The topological polar surface area (TPSA) is 70.7 Å². The maximum Gasteiger partial charge on any atom is 0.248 e. The minimum atomic E-state index is -0.392. The summed E-state index contributed by atoms with van der Waals surface area (Å²) in [7, 11) is 0. The van der Waals surface area contributed by atoms with E-state index in [1.165, 1.54) is 25.7 Å². The van der Waals surface area contributed by atoms with E-state index in [2.05, 4.69) is 17.1 Å². The van der Waals surface area contributed by atoms with Crippen LogP contribution in [0.5, 0.6) is 0 Å². The molecule has 3 rings (SSSR count). The molecule has 1 aromatic carbocycles. The van der Waals surface area contributed by atoms with Crippen LogP contribution in [0.25, 0.3) is 0 Å². The second-order valence-electron chi connectivity index (χ2n) is 6.76. The smallest absolute Gasteiger partial charge is 0.248 e. The molecule has 0 aromatic heterocycles. The SMILES string of the molecule is CCNC(=NCc1ccc(C(N)=O)cc1)N1CCC2(CCC2)C1.I. The molecular formula is C18H27IN4O. The molecule has 1 saturated heterocycles. The lowest BCUT2D eigenvalue weighted by molar-refractivity contribution is 0.100. The van der Waals surface area contributed by atoms with Crippen LogP contribution in [0.15, 0.2) is 29.3 Å². The molecule has 5 nitrogen and oxygen atoms in total. The molecule has 2 aliphatic rings. The number of hydrogen-bond acceptors (Lipinski definition) is 2. The Morgan fingerprint density at radius 3 is 2.50 bits per heavy atom. The number of primary amides is 1. The summed E-state index contributed by atoms with van der Waals surface area (Å²) in [6.07, 6.45) is 5.42. The third kappa shape index (κ3) is 4.20. The number of nitrogens with one attached hydrogen (secondary N) is 1. The highest BCUT2D eigenvalue weighted by molar-refractivity contribution is 14.0. The van der Waals surface area contributed by atoms with Gasteiger partial charge >= 0.3 is 0 Å². The summed E-state index contributed by atoms with van der Waals surface area (Å²) < 4.78 is 0. The maximum absolute atomic E-state index is 11.1. The number of aliphatic imine (C=N–C) groups is 1. The first-order chi connectivity index (χ1) is 11.1. The van der Waals surface area contributed by atoms with E-state index in [1.807, 2.05) is 12.1 Å². The van der Waals surface area contributed by atoms with Crippen LogP contribution in [0, 0.1) is 5.41 Å². The summed E-state index contributed by atoms with van der Waals surface area (Å²) in [5, 5.41) is 3.41. The molecule has 1 saturated carbocycles. The molecule has 2 fully saturated rings. The van der Waals surface area contributed by atoms with Crippen LogP contribution < -0.4 is 11.1 Å². The lowest BCUT2D eigenvalue weighted by atomic mass is 9.68. The Hall–Kier alpha value is -1.31. The largest absolute Gasteiger partial charge is 0.366 e. The zero-order valence-electron chi connectivity index (χ0n) is 14.3. The summed E-state index contributed by atoms with van der Waals surface area (Å²) in [6.45, 7) is 5.84. The first kappa shape index (κ1) is 19.0. The summed E-state index contributed by atoms with van der Waals surface area (Å²) in [5.41, 5.74) is 7.46. The van der Waals surface area contributed by atoms with E-state index in [0.29, 0.717) is 17.5 Å². The Labute approximate surface area is 161 Å². The zero-order valence-corrected chi connectivity index (χ0v) is 16.6. The standard InChI is InChI=1S/C18H26N4O.HI/c1-2-20-17(22-11-10-18(13-22)8-3-9-18)21-12-14-4-6-15(7-5-14)16(19)23;/h4-7H,2-3,8-13H2,1H3,(H2,19,23)(H,20,21);1H. The molecule has 0 atom stereocenters. The average Bonchev–Trinajstić information content (AvgIpc) is 2.97. The van der Waals surface area contributed by atoms with Gasteiger partial charge in [-0.15, -0.1) is 24.0 Å². The molecular weight excluding hydrogens is 415 g/mol. The second-order valence-corrected chi connectivity index (χ2v) is 6.76. The number of carbonyl (C=O) groups is 1. The molecule has 3 N–H and O–H groups in total.